The number of hydrogen-bond donors (Lipinski definition) is 0. The van der Waals surface area contributed by atoms with E-state index in [1.807, 2.05) is 50.2 Å². The van der Waals surface area contributed by atoms with Crippen LogP contribution in [0.1, 0.15) is 25.2 Å². The van der Waals surface area contributed by atoms with E-state index in [9.17, 15) is 8.42 Å². The van der Waals surface area contributed by atoms with Crippen molar-refractivity contribution in [1.29, 1.82) is 0 Å². The topological polar surface area (TPSA) is 50.5 Å². The molecule has 4 atom stereocenters. The number of aryl methyl sites for hydroxylation is 1. The largest absolute Gasteiger partial charge is 0.460 e. The minimum Gasteiger partial charge on any atom is -0.460 e. The average molecular weight is 381 g/mol. The predicted molar refractivity (Wildman–Crippen MR) is 105 cm³/mol. The van der Waals surface area contributed by atoms with Gasteiger partial charge < -0.3 is 4.42 Å². The van der Waals surface area contributed by atoms with Crippen molar-refractivity contribution in [2.45, 2.75) is 37.1 Å². The van der Waals surface area contributed by atoms with Gasteiger partial charge in [-0.15, -0.1) is 0 Å². The first kappa shape index (κ1) is 17.0. The number of benzene rings is 2. The SMILES string of the molecule is Cc1ccc(S(=O)(=O)N2CC3(c4cc5ccccc5o4)C(C)C3C2C)cc1. The minimum absolute atomic E-state index is 0.0421. The van der Waals surface area contributed by atoms with Gasteiger partial charge in [0, 0.05) is 23.4 Å². The Labute approximate surface area is 159 Å². The fraction of sp³-hybridized carbons (Fsp3) is 0.364. The summed E-state index contributed by atoms with van der Waals surface area (Å²) in [7, 11) is -3.52. The fourth-order valence-corrected chi connectivity index (χ4v) is 6.88. The lowest BCUT2D eigenvalue weighted by molar-refractivity contribution is 0.329. The van der Waals surface area contributed by atoms with Gasteiger partial charge in [0.15, 0.2) is 0 Å². The molecule has 4 unspecified atom stereocenters. The standard InChI is InChI=1S/C22H23NO3S/c1-14-8-10-18(11-9-14)27(24,25)23-13-22(15(2)21(22)16(23)3)20-12-17-6-4-5-7-19(17)26-20/h4-12,15-16,21H,13H2,1-3H3. The summed E-state index contributed by atoms with van der Waals surface area (Å²) in [4.78, 5) is 0.369. The van der Waals surface area contributed by atoms with Crippen LogP contribution in [-0.2, 0) is 15.4 Å². The van der Waals surface area contributed by atoms with Crippen molar-refractivity contribution in [2.24, 2.45) is 11.8 Å². The highest BCUT2D eigenvalue weighted by Crippen LogP contribution is 2.67. The minimum atomic E-state index is -3.52. The molecule has 140 valence electrons. The Morgan fingerprint density at radius 2 is 1.78 bits per heavy atom. The highest BCUT2D eigenvalue weighted by molar-refractivity contribution is 7.89. The molecule has 1 saturated heterocycles. The number of piperidine rings is 1. The van der Waals surface area contributed by atoms with Crippen molar-refractivity contribution in [3.8, 4) is 0 Å². The number of hydrogen-bond acceptors (Lipinski definition) is 3. The Kier molecular flexibility index (Phi) is 3.44. The third-order valence-corrected chi connectivity index (χ3v) is 8.69. The van der Waals surface area contributed by atoms with Crippen molar-refractivity contribution in [3.05, 3.63) is 65.9 Å². The number of para-hydroxylation sites is 1. The van der Waals surface area contributed by atoms with E-state index >= 15 is 0 Å². The summed E-state index contributed by atoms with van der Waals surface area (Å²) in [6.45, 7) is 6.69. The lowest BCUT2D eigenvalue weighted by Crippen LogP contribution is -2.39. The summed E-state index contributed by atoms with van der Waals surface area (Å²) in [5.74, 6) is 1.63. The molecular weight excluding hydrogens is 358 g/mol. The van der Waals surface area contributed by atoms with E-state index in [-0.39, 0.29) is 11.5 Å². The molecule has 0 spiro atoms. The fourth-order valence-electron chi connectivity index (χ4n) is 5.17. The highest BCUT2D eigenvalue weighted by atomic mass is 32.2. The van der Waals surface area contributed by atoms with Gasteiger partial charge in [-0.25, -0.2) is 8.42 Å². The second kappa shape index (κ2) is 5.46. The van der Waals surface area contributed by atoms with Crippen LogP contribution in [0, 0.1) is 18.8 Å². The summed E-state index contributed by atoms with van der Waals surface area (Å²) < 4.78 is 34.4. The molecule has 0 N–H and O–H groups in total. The van der Waals surface area contributed by atoms with Gasteiger partial charge in [-0.05, 0) is 49.9 Å². The van der Waals surface area contributed by atoms with Crippen LogP contribution in [0.2, 0.25) is 0 Å². The van der Waals surface area contributed by atoms with Crippen LogP contribution in [0.25, 0.3) is 11.0 Å². The molecule has 0 bridgehead atoms. The van der Waals surface area contributed by atoms with Crippen molar-refractivity contribution >= 4 is 21.0 Å². The molecule has 2 aromatic carbocycles. The molecule has 2 aliphatic rings. The maximum absolute atomic E-state index is 13.3. The highest BCUT2D eigenvalue weighted by Gasteiger charge is 2.73. The van der Waals surface area contributed by atoms with Gasteiger partial charge in [-0.3, -0.25) is 0 Å². The van der Waals surface area contributed by atoms with Crippen LogP contribution >= 0.6 is 0 Å². The van der Waals surface area contributed by atoms with Crippen molar-refractivity contribution in [3.63, 3.8) is 0 Å². The van der Waals surface area contributed by atoms with Gasteiger partial charge in [0.05, 0.1) is 4.90 Å². The second-order valence-electron chi connectivity index (χ2n) is 8.11. The normalized spacial score (nSPS) is 30.6. The third-order valence-electron chi connectivity index (χ3n) is 6.74. The van der Waals surface area contributed by atoms with Crippen LogP contribution in [0.15, 0.2) is 63.9 Å². The molecule has 2 fully saturated rings. The Morgan fingerprint density at radius 1 is 1.07 bits per heavy atom. The second-order valence-corrected chi connectivity index (χ2v) is 10.00. The molecule has 27 heavy (non-hydrogen) atoms. The smallest absolute Gasteiger partial charge is 0.243 e. The van der Waals surface area contributed by atoms with E-state index in [0.717, 1.165) is 22.3 Å². The van der Waals surface area contributed by atoms with Gasteiger partial charge in [-0.1, -0.05) is 42.8 Å². The number of fused-ring (bicyclic) bond motifs is 2. The molecule has 0 amide bonds. The van der Waals surface area contributed by atoms with Crippen molar-refractivity contribution < 1.29 is 12.8 Å². The van der Waals surface area contributed by atoms with Crippen LogP contribution in [0.4, 0.5) is 0 Å². The molecular formula is C22H23NO3S. The first-order chi connectivity index (χ1) is 12.9. The third kappa shape index (κ3) is 2.21. The van der Waals surface area contributed by atoms with E-state index in [1.165, 1.54) is 0 Å². The molecule has 0 radical (unpaired) electrons. The average Bonchev–Trinajstić information content (AvgIpc) is 2.97. The van der Waals surface area contributed by atoms with Crippen LogP contribution < -0.4 is 0 Å². The van der Waals surface area contributed by atoms with E-state index in [4.69, 9.17) is 4.42 Å². The zero-order valence-electron chi connectivity index (χ0n) is 15.7. The van der Waals surface area contributed by atoms with E-state index in [0.29, 0.717) is 23.3 Å². The van der Waals surface area contributed by atoms with Crippen molar-refractivity contribution in [1.82, 2.24) is 4.31 Å². The number of sulfonamides is 1. The van der Waals surface area contributed by atoms with Gasteiger partial charge in [0.2, 0.25) is 10.0 Å². The Bertz CT molecular complexity index is 1100. The summed E-state index contributed by atoms with van der Waals surface area (Å²) in [5, 5.41) is 1.08. The van der Waals surface area contributed by atoms with E-state index in [2.05, 4.69) is 13.0 Å². The van der Waals surface area contributed by atoms with E-state index < -0.39 is 10.0 Å². The summed E-state index contributed by atoms with van der Waals surface area (Å²) in [6.07, 6.45) is 0. The zero-order chi connectivity index (χ0) is 19.0. The van der Waals surface area contributed by atoms with Crippen molar-refractivity contribution in [2.75, 3.05) is 6.54 Å². The zero-order valence-corrected chi connectivity index (χ0v) is 16.5. The molecule has 1 aliphatic heterocycles. The Morgan fingerprint density at radius 3 is 2.48 bits per heavy atom. The van der Waals surface area contributed by atoms with E-state index in [1.54, 1.807) is 16.4 Å². The quantitative estimate of drug-likeness (QED) is 0.678. The molecule has 5 heteroatoms. The van der Waals surface area contributed by atoms with Crippen LogP contribution in [0.3, 0.4) is 0 Å². The van der Waals surface area contributed by atoms with Crippen LogP contribution in [0.5, 0.6) is 0 Å². The maximum Gasteiger partial charge on any atom is 0.243 e. The predicted octanol–water partition coefficient (Wildman–Crippen LogP) is 4.34. The monoisotopic (exact) mass is 381 g/mol. The molecule has 5 rings (SSSR count). The number of rotatable bonds is 3. The first-order valence-electron chi connectivity index (χ1n) is 9.43. The van der Waals surface area contributed by atoms with Crippen LogP contribution in [-0.4, -0.2) is 25.3 Å². The number of furan rings is 1. The lowest BCUT2D eigenvalue weighted by atomic mass is 10.00. The number of nitrogens with zero attached hydrogens (tertiary/aromatic N) is 1. The molecule has 2 heterocycles. The van der Waals surface area contributed by atoms with Gasteiger partial charge in [0.25, 0.3) is 0 Å². The summed E-state index contributed by atoms with van der Waals surface area (Å²) in [6, 6.07) is 17.2. The van der Waals surface area contributed by atoms with Gasteiger partial charge >= 0.3 is 0 Å². The summed E-state index contributed by atoms with van der Waals surface area (Å²) >= 11 is 0. The maximum atomic E-state index is 13.3. The van der Waals surface area contributed by atoms with Gasteiger partial charge in [0.1, 0.15) is 11.3 Å². The molecule has 1 aromatic heterocycles. The Balaban J connectivity index is 1.54. The molecule has 4 nitrogen and oxygen atoms in total. The lowest BCUT2D eigenvalue weighted by Gasteiger charge is -2.26. The Hall–Kier alpha value is -2.11. The molecule has 1 saturated carbocycles. The summed E-state index contributed by atoms with van der Waals surface area (Å²) in [5.41, 5.74) is 1.71. The first-order valence-corrected chi connectivity index (χ1v) is 10.9. The molecule has 1 aliphatic carbocycles. The molecule has 3 aromatic rings. The van der Waals surface area contributed by atoms with Gasteiger partial charge in [-0.2, -0.15) is 4.31 Å².